The Kier molecular flexibility index (Phi) is 14.1. The molecule has 0 saturated carbocycles. The number of hydrazone groups is 1. The van der Waals surface area contributed by atoms with E-state index in [1.807, 2.05) is 0 Å². The molecule has 0 fully saturated rings. The summed E-state index contributed by atoms with van der Waals surface area (Å²) >= 11 is 0. The third kappa shape index (κ3) is 13.1. The van der Waals surface area contributed by atoms with Crippen LogP contribution < -0.4 is 10.7 Å². The van der Waals surface area contributed by atoms with Gasteiger partial charge in [0.05, 0.1) is 18.3 Å². The molecule has 1 aromatic rings. The summed E-state index contributed by atoms with van der Waals surface area (Å²) in [7, 11) is 0. The Balaban J connectivity index is 2.10. The zero-order chi connectivity index (χ0) is 23.7. The fraction of sp³-hybridized carbons (Fsp3) is 0.625. The molecule has 0 atom stereocenters. The first-order valence-electron chi connectivity index (χ1n) is 11.6. The van der Waals surface area contributed by atoms with Crippen molar-refractivity contribution in [1.82, 2.24) is 10.7 Å². The van der Waals surface area contributed by atoms with Crippen molar-refractivity contribution in [2.75, 3.05) is 6.54 Å². The number of rotatable bonds is 16. The minimum absolute atomic E-state index is 0.152. The third-order valence-corrected chi connectivity index (χ3v) is 5.11. The molecule has 0 aliphatic heterocycles. The van der Waals surface area contributed by atoms with Gasteiger partial charge in [-0.05, 0) is 12.5 Å². The van der Waals surface area contributed by atoms with Crippen molar-refractivity contribution in [3.05, 3.63) is 35.4 Å². The monoisotopic (exact) mass is 455 g/mol. The van der Waals surface area contributed by atoms with Gasteiger partial charge in [-0.25, -0.2) is 5.43 Å². The number of benzene rings is 1. The highest BCUT2D eigenvalue weighted by molar-refractivity contribution is 5.86. The maximum absolute atomic E-state index is 12.9. The molecule has 0 aromatic heterocycles. The van der Waals surface area contributed by atoms with Crippen LogP contribution in [0, 0.1) is 0 Å². The predicted octanol–water partition coefficient (Wildman–Crippen LogP) is 5.97. The molecule has 0 radical (unpaired) electrons. The molecular formula is C24H36F3N3O2. The van der Waals surface area contributed by atoms with E-state index in [1.165, 1.54) is 69.6 Å². The van der Waals surface area contributed by atoms with Gasteiger partial charge in [-0.2, -0.15) is 18.3 Å². The minimum atomic E-state index is -4.51. The van der Waals surface area contributed by atoms with Gasteiger partial charge in [-0.1, -0.05) is 89.3 Å². The smallest absolute Gasteiger partial charge is 0.347 e. The first-order valence-corrected chi connectivity index (χ1v) is 11.6. The maximum atomic E-state index is 12.9. The molecule has 0 bridgehead atoms. The number of hydrogen-bond donors (Lipinski definition) is 2. The lowest BCUT2D eigenvalue weighted by Gasteiger charge is -2.09. The molecule has 1 rings (SSSR count). The Morgan fingerprint density at radius 1 is 0.875 bits per heavy atom. The molecule has 1 aromatic carbocycles. The van der Waals surface area contributed by atoms with Gasteiger partial charge >= 0.3 is 6.18 Å². The van der Waals surface area contributed by atoms with Crippen LogP contribution in [0.2, 0.25) is 0 Å². The van der Waals surface area contributed by atoms with Crippen molar-refractivity contribution in [3.8, 4) is 0 Å². The summed E-state index contributed by atoms with van der Waals surface area (Å²) in [5.41, 5.74) is 1.14. The van der Waals surface area contributed by atoms with E-state index in [0.717, 1.165) is 31.5 Å². The number of halogens is 3. The molecule has 0 unspecified atom stereocenters. The summed E-state index contributed by atoms with van der Waals surface area (Å²) in [5.74, 6) is -0.819. The number of carbonyl (C=O) groups is 2. The van der Waals surface area contributed by atoms with Crippen molar-refractivity contribution in [2.24, 2.45) is 5.10 Å². The van der Waals surface area contributed by atoms with E-state index in [0.29, 0.717) is 6.42 Å². The molecule has 0 aliphatic carbocycles. The van der Waals surface area contributed by atoms with Crippen LogP contribution in [-0.4, -0.2) is 24.6 Å². The first kappa shape index (κ1) is 27.7. The zero-order valence-electron chi connectivity index (χ0n) is 19.0. The minimum Gasteiger partial charge on any atom is -0.347 e. The topological polar surface area (TPSA) is 70.6 Å². The quantitative estimate of drug-likeness (QED) is 0.183. The summed E-state index contributed by atoms with van der Waals surface area (Å²) in [6, 6.07) is 4.93. The Morgan fingerprint density at radius 3 is 2.03 bits per heavy atom. The number of alkyl halides is 3. The molecule has 5 nitrogen and oxygen atoms in total. The van der Waals surface area contributed by atoms with E-state index in [2.05, 4.69) is 22.8 Å². The maximum Gasteiger partial charge on any atom is 0.417 e. The summed E-state index contributed by atoms with van der Waals surface area (Å²) in [6.45, 7) is 1.95. The lowest BCUT2D eigenvalue weighted by molar-refractivity contribution is -0.137. The second-order valence-corrected chi connectivity index (χ2v) is 7.94. The Hall–Kier alpha value is -2.38. The number of nitrogens with one attached hydrogen (secondary N) is 2. The summed E-state index contributed by atoms with van der Waals surface area (Å²) in [4.78, 5) is 23.5. The SMILES string of the molecule is CCCCCCCCCCCCCC(=O)NCC(=O)NN=Cc1ccccc1C(F)(F)F. The average Bonchev–Trinajstić information content (AvgIpc) is 2.75. The highest BCUT2D eigenvalue weighted by Crippen LogP contribution is 2.31. The standard InChI is InChI=1S/C24H36F3N3O2/c1-2-3-4-5-6-7-8-9-10-11-12-17-22(31)28-19-23(32)30-29-18-20-15-13-14-16-21(20)24(25,26)27/h13-16,18H,2-12,17,19H2,1H3,(H,28,31)(H,30,32). The lowest BCUT2D eigenvalue weighted by Crippen LogP contribution is -2.34. The first-order chi connectivity index (χ1) is 15.3. The van der Waals surface area contributed by atoms with E-state index < -0.39 is 17.6 Å². The van der Waals surface area contributed by atoms with Gasteiger partial charge in [0.2, 0.25) is 5.91 Å². The number of amides is 2. The van der Waals surface area contributed by atoms with Crippen LogP contribution in [0.15, 0.2) is 29.4 Å². The van der Waals surface area contributed by atoms with Crippen molar-refractivity contribution in [3.63, 3.8) is 0 Å². The van der Waals surface area contributed by atoms with Gasteiger partial charge < -0.3 is 5.32 Å². The van der Waals surface area contributed by atoms with Crippen LogP contribution >= 0.6 is 0 Å². The molecule has 2 amide bonds. The summed E-state index contributed by atoms with van der Waals surface area (Å²) < 4.78 is 38.7. The van der Waals surface area contributed by atoms with Crippen molar-refractivity contribution in [1.29, 1.82) is 0 Å². The van der Waals surface area contributed by atoms with Crippen LogP contribution in [0.4, 0.5) is 13.2 Å². The van der Waals surface area contributed by atoms with Gasteiger partial charge in [-0.15, -0.1) is 0 Å². The highest BCUT2D eigenvalue weighted by atomic mass is 19.4. The summed E-state index contributed by atoms with van der Waals surface area (Å²) in [6.07, 6.45) is 9.93. The van der Waals surface area contributed by atoms with Crippen molar-refractivity contribution < 1.29 is 22.8 Å². The van der Waals surface area contributed by atoms with Gasteiger partial charge in [0.25, 0.3) is 5.91 Å². The van der Waals surface area contributed by atoms with Gasteiger partial charge in [0, 0.05) is 12.0 Å². The molecule has 0 saturated heterocycles. The van der Waals surface area contributed by atoms with Crippen LogP contribution in [0.1, 0.15) is 95.1 Å². The largest absolute Gasteiger partial charge is 0.417 e. The van der Waals surface area contributed by atoms with E-state index in [4.69, 9.17) is 0 Å². The van der Waals surface area contributed by atoms with E-state index >= 15 is 0 Å². The average molecular weight is 456 g/mol. The van der Waals surface area contributed by atoms with Crippen LogP contribution in [0.5, 0.6) is 0 Å². The van der Waals surface area contributed by atoms with Crippen LogP contribution in [0.3, 0.4) is 0 Å². The molecule has 0 aliphatic rings. The Morgan fingerprint density at radius 2 is 1.44 bits per heavy atom. The third-order valence-electron chi connectivity index (χ3n) is 5.11. The van der Waals surface area contributed by atoms with E-state index in [-0.39, 0.29) is 18.0 Å². The van der Waals surface area contributed by atoms with E-state index in [1.54, 1.807) is 0 Å². The van der Waals surface area contributed by atoms with Crippen molar-refractivity contribution in [2.45, 2.75) is 90.1 Å². The van der Waals surface area contributed by atoms with Gasteiger partial charge in [-0.3, -0.25) is 9.59 Å². The van der Waals surface area contributed by atoms with Crippen LogP contribution in [-0.2, 0) is 15.8 Å². The molecule has 180 valence electrons. The number of nitrogens with zero attached hydrogens (tertiary/aromatic N) is 1. The van der Waals surface area contributed by atoms with Gasteiger partial charge in [0.1, 0.15) is 0 Å². The fourth-order valence-electron chi connectivity index (χ4n) is 3.30. The molecule has 32 heavy (non-hydrogen) atoms. The molecular weight excluding hydrogens is 419 g/mol. The fourth-order valence-corrected chi connectivity index (χ4v) is 3.30. The number of unbranched alkanes of at least 4 members (excludes halogenated alkanes) is 10. The number of carbonyl (C=O) groups excluding carboxylic acids is 2. The summed E-state index contributed by atoms with van der Waals surface area (Å²) in [5, 5.41) is 6.05. The Labute approximate surface area is 189 Å². The highest BCUT2D eigenvalue weighted by Gasteiger charge is 2.32. The van der Waals surface area contributed by atoms with Gasteiger partial charge in [0.15, 0.2) is 0 Å². The molecule has 2 N–H and O–H groups in total. The Bertz CT molecular complexity index is 706. The number of hydrogen-bond acceptors (Lipinski definition) is 3. The van der Waals surface area contributed by atoms with E-state index in [9.17, 15) is 22.8 Å². The van der Waals surface area contributed by atoms with Crippen LogP contribution in [0.25, 0.3) is 0 Å². The lowest BCUT2D eigenvalue weighted by atomic mass is 10.1. The molecule has 0 spiro atoms. The second-order valence-electron chi connectivity index (χ2n) is 7.94. The predicted molar refractivity (Wildman–Crippen MR) is 121 cm³/mol. The molecule has 8 heteroatoms. The second kappa shape index (κ2) is 16.3. The molecule has 0 heterocycles. The zero-order valence-corrected chi connectivity index (χ0v) is 19.0. The van der Waals surface area contributed by atoms with Crippen molar-refractivity contribution >= 4 is 18.0 Å². The normalized spacial score (nSPS) is 11.6.